The molecule has 0 spiro atoms. The van der Waals surface area contributed by atoms with E-state index in [0.717, 1.165) is 0 Å². The molecule has 1 aromatic rings. The van der Waals surface area contributed by atoms with Crippen LogP contribution >= 0.6 is 11.6 Å². The first-order chi connectivity index (χ1) is 6.13. The minimum Gasteiger partial charge on any atom is -0.509 e. The summed E-state index contributed by atoms with van der Waals surface area (Å²) < 4.78 is 9.35. The molecule has 7 heteroatoms. The Morgan fingerprint density at radius 2 is 2.23 bits per heavy atom. The third kappa shape index (κ3) is 2.76. The lowest BCUT2D eigenvalue weighted by Gasteiger charge is -2.07. The van der Waals surface area contributed by atoms with Crippen LogP contribution in [0.25, 0.3) is 0 Å². The van der Waals surface area contributed by atoms with Gasteiger partial charge in [0.1, 0.15) is 11.5 Å². The summed E-state index contributed by atoms with van der Waals surface area (Å²) in [5.41, 5.74) is 0. The van der Waals surface area contributed by atoms with Gasteiger partial charge in [-0.1, -0.05) is 11.6 Å². The van der Waals surface area contributed by atoms with E-state index < -0.39 is 7.32 Å². The molecule has 0 radical (unpaired) electrons. The Hall–Kier alpha value is -0.975. The van der Waals surface area contributed by atoms with E-state index in [2.05, 4.69) is 9.64 Å². The number of pyridine rings is 1. The molecule has 0 unspecified atom stereocenters. The van der Waals surface area contributed by atoms with Crippen molar-refractivity contribution in [2.75, 3.05) is 7.11 Å². The summed E-state index contributed by atoms with van der Waals surface area (Å²) in [5, 5.41) is 17.0. The number of aromatic nitrogens is 1. The van der Waals surface area contributed by atoms with E-state index in [0.29, 0.717) is 5.75 Å². The number of ether oxygens (including phenoxy) is 1. The molecular weight excluding hydrogens is 196 g/mol. The monoisotopic (exact) mass is 203 g/mol. The molecule has 0 fully saturated rings. The van der Waals surface area contributed by atoms with Crippen LogP contribution in [0.4, 0.5) is 0 Å². The van der Waals surface area contributed by atoms with Gasteiger partial charge in [0, 0.05) is 6.07 Å². The lowest BCUT2D eigenvalue weighted by molar-refractivity contribution is 0.287. The third-order valence-electron chi connectivity index (χ3n) is 1.25. The fourth-order valence-corrected chi connectivity index (χ4v) is 0.866. The highest BCUT2D eigenvalue weighted by Gasteiger charge is 2.14. The average Bonchev–Trinajstić information content (AvgIpc) is 2.08. The number of hydrogen-bond acceptors (Lipinski definition) is 5. The zero-order valence-electron chi connectivity index (χ0n) is 6.77. The van der Waals surface area contributed by atoms with E-state index >= 15 is 0 Å². The van der Waals surface area contributed by atoms with Gasteiger partial charge in [0.25, 0.3) is 0 Å². The van der Waals surface area contributed by atoms with E-state index in [4.69, 9.17) is 26.4 Å². The fraction of sp³-hybridized carbons (Fsp3) is 0.167. The molecule has 0 aliphatic heterocycles. The summed E-state index contributed by atoms with van der Waals surface area (Å²) in [6, 6.07) is 1.40. The van der Waals surface area contributed by atoms with Crippen molar-refractivity contribution in [3.05, 3.63) is 17.4 Å². The molecule has 70 valence electrons. The lowest BCUT2D eigenvalue weighted by Crippen LogP contribution is -2.20. The molecule has 0 bridgehead atoms. The molecule has 0 aliphatic carbocycles. The second kappa shape index (κ2) is 4.31. The molecule has 1 rings (SSSR count). The van der Waals surface area contributed by atoms with Crippen molar-refractivity contribution in [1.82, 2.24) is 4.98 Å². The Morgan fingerprint density at radius 3 is 2.77 bits per heavy atom. The van der Waals surface area contributed by atoms with Crippen molar-refractivity contribution in [1.29, 1.82) is 0 Å². The van der Waals surface area contributed by atoms with Crippen LogP contribution in [-0.4, -0.2) is 29.5 Å². The molecule has 0 atom stereocenters. The van der Waals surface area contributed by atoms with Crippen LogP contribution in [0.5, 0.6) is 11.5 Å². The van der Waals surface area contributed by atoms with Gasteiger partial charge < -0.3 is 19.4 Å². The summed E-state index contributed by atoms with van der Waals surface area (Å²) in [5.74, 6) is 0.469. The maximum Gasteiger partial charge on any atom is 0.707 e. The Morgan fingerprint density at radius 1 is 1.54 bits per heavy atom. The van der Waals surface area contributed by atoms with Crippen LogP contribution in [0, 0.1) is 0 Å². The average molecular weight is 203 g/mol. The first-order valence-corrected chi connectivity index (χ1v) is 3.73. The van der Waals surface area contributed by atoms with Gasteiger partial charge in [0.15, 0.2) is 5.15 Å². The van der Waals surface area contributed by atoms with Crippen LogP contribution in [-0.2, 0) is 0 Å². The van der Waals surface area contributed by atoms with Gasteiger partial charge in [-0.05, 0) is 0 Å². The SMILES string of the molecule is COc1cnc(Cl)c(OB(O)O)c1. The molecule has 0 saturated carbocycles. The highest BCUT2D eigenvalue weighted by atomic mass is 35.5. The molecule has 1 aromatic heterocycles. The van der Waals surface area contributed by atoms with Crippen molar-refractivity contribution in [3.8, 4) is 11.5 Å². The highest BCUT2D eigenvalue weighted by molar-refractivity contribution is 6.35. The summed E-state index contributed by atoms with van der Waals surface area (Å²) in [4.78, 5) is 3.70. The second-order valence-corrected chi connectivity index (χ2v) is 2.47. The minimum atomic E-state index is -1.92. The molecule has 0 amide bonds. The minimum absolute atomic E-state index is 0.0360. The Kier molecular flexibility index (Phi) is 3.35. The van der Waals surface area contributed by atoms with Crippen LogP contribution in [0.1, 0.15) is 0 Å². The Labute approximate surface area is 80.1 Å². The predicted molar refractivity (Wildman–Crippen MR) is 46.6 cm³/mol. The van der Waals surface area contributed by atoms with Crippen molar-refractivity contribution in [2.24, 2.45) is 0 Å². The Bertz CT molecular complexity index is 296. The largest absolute Gasteiger partial charge is 0.707 e. The van der Waals surface area contributed by atoms with E-state index in [1.165, 1.54) is 19.4 Å². The molecular formula is C6H7BClNO4. The number of rotatable bonds is 3. The van der Waals surface area contributed by atoms with Gasteiger partial charge in [-0.2, -0.15) is 0 Å². The number of hydrogen-bond donors (Lipinski definition) is 2. The van der Waals surface area contributed by atoms with Crippen molar-refractivity contribution in [2.45, 2.75) is 0 Å². The summed E-state index contributed by atoms with van der Waals surface area (Å²) in [6.07, 6.45) is 1.39. The molecule has 0 saturated heterocycles. The number of nitrogens with zero attached hydrogens (tertiary/aromatic N) is 1. The van der Waals surface area contributed by atoms with Gasteiger partial charge in [0.05, 0.1) is 13.3 Å². The van der Waals surface area contributed by atoms with Gasteiger partial charge in [-0.3, -0.25) is 0 Å². The quantitative estimate of drug-likeness (QED) is 0.538. The number of methoxy groups -OCH3 is 1. The molecule has 5 nitrogen and oxygen atoms in total. The summed E-state index contributed by atoms with van der Waals surface area (Å²) in [6.45, 7) is 0. The van der Waals surface area contributed by atoms with E-state index in [1.54, 1.807) is 0 Å². The molecule has 2 N–H and O–H groups in total. The maximum absolute atomic E-state index is 8.50. The topological polar surface area (TPSA) is 71.8 Å². The summed E-state index contributed by atoms with van der Waals surface area (Å²) >= 11 is 5.58. The van der Waals surface area contributed by atoms with Crippen molar-refractivity contribution in [3.63, 3.8) is 0 Å². The zero-order chi connectivity index (χ0) is 9.84. The van der Waals surface area contributed by atoms with Crippen molar-refractivity contribution < 1.29 is 19.4 Å². The molecule has 13 heavy (non-hydrogen) atoms. The number of halogens is 1. The summed E-state index contributed by atoms with van der Waals surface area (Å²) in [7, 11) is -0.476. The van der Waals surface area contributed by atoms with E-state index in [-0.39, 0.29) is 10.9 Å². The second-order valence-electron chi connectivity index (χ2n) is 2.11. The Balaban J connectivity index is 2.90. The molecule has 0 aliphatic rings. The van der Waals surface area contributed by atoms with Crippen LogP contribution in [0.2, 0.25) is 5.15 Å². The van der Waals surface area contributed by atoms with Crippen LogP contribution in [0.15, 0.2) is 12.3 Å². The van der Waals surface area contributed by atoms with E-state index in [9.17, 15) is 0 Å². The lowest BCUT2D eigenvalue weighted by atomic mass is 10.2. The van der Waals surface area contributed by atoms with Crippen molar-refractivity contribution >= 4 is 18.9 Å². The highest BCUT2D eigenvalue weighted by Crippen LogP contribution is 2.26. The zero-order valence-corrected chi connectivity index (χ0v) is 7.52. The first-order valence-electron chi connectivity index (χ1n) is 3.36. The maximum atomic E-state index is 8.50. The molecule has 0 aromatic carbocycles. The third-order valence-corrected chi connectivity index (χ3v) is 1.53. The van der Waals surface area contributed by atoms with Crippen LogP contribution < -0.4 is 9.39 Å². The van der Waals surface area contributed by atoms with Gasteiger partial charge in [0.2, 0.25) is 0 Å². The standard InChI is InChI=1S/C6H7BClNO4/c1-12-4-2-5(13-7(10)11)6(8)9-3-4/h2-3,10-11H,1H3. The smallest absolute Gasteiger partial charge is 0.509 e. The first kappa shape index (κ1) is 10.1. The predicted octanol–water partition coefficient (Wildman–Crippen LogP) is 0.0919. The molecule has 1 heterocycles. The van der Waals surface area contributed by atoms with Gasteiger partial charge in [-0.15, -0.1) is 0 Å². The van der Waals surface area contributed by atoms with Crippen LogP contribution in [0.3, 0.4) is 0 Å². The fourth-order valence-electron chi connectivity index (χ4n) is 0.718. The van der Waals surface area contributed by atoms with Gasteiger partial charge >= 0.3 is 7.32 Å². The van der Waals surface area contributed by atoms with Gasteiger partial charge in [-0.25, -0.2) is 4.98 Å². The van der Waals surface area contributed by atoms with E-state index in [1.807, 2.05) is 0 Å². The normalized spacial score (nSPS) is 9.54.